The fourth-order valence-electron chi connectivity index (χ4n) is 3.28. The van der Waals surface area contributed by atoms with Gasteiger partial charge in [0.25, 0.3) is 0 Å². The van der Waals surface area contributed by atoms with Crippen molar-refractivity contribution in [2.45, 2.75) is 57.5 Å². The van der Waals surface area contributed by atoms with Crippen molar-refractivity contribution in [3.05, 3.63) is 0 Å². The van der Waals surface area contributed by atoms with E-state index >= 15 is 0 Å². The Morgan fingerprint density at radius 1 is 1.24 bits per heavy atom. The van der Waals surface area contributed by atoms with Crippen molar-refractivity contribution in [2.75, 3.05) is 19.6 Å². The van der Waals surface area contributed by atoms with Crippen molar-refractivity contribution in [3.63, 3.8) is 0 Å². The second kappa shape index (κ2) is 7.35. The van der Waals surface area contributed by atoms with Gasteiger partial charge in [0.2, 0.25) is 5.91 Å². The Hall–Kier alpha value is -1.70. The summed E-state index contributed by atoms with van der Waals surface area (Å²) in [4.78, 5) is 27.4. The van der Waals surface area contributed by atoms with Gasteiger partial charge in [-0.25, -0.2) is 4.79 Å². The minimum atomic E-state index is -0.0406. The summed E-state index contributed by atoms with van der Waals surface area (Å²) >= 11 is 0. The third kappa shape index (κ3) is 4.13. The second-order valence-corrected chi connectivity index (χ2v) is 6.00. The molecule has 1 heterocycles. The monoisotopic (exact) mass is 291 g/mol. The molecule has 1 aliphatic heterocycles. The molecule has 1 N–H and O–H groups in total. The Morgan fingerprint density at radius 3 is 2.38 bits per heavy atom. The summed E-state index contributed by atoms with van der Waals surface area (Å²) in [7, 11) is 0. The molecule has 3 amide bonds. The summed E-state index contributed by atoms with van der Waals surface area (Å²) in [6.45, 7) is 3.41. The SMILES string of the molecule is C#CCN(C(=O)NC1CCN(C(C)=O)CC1)C1CCCC1. The van der Waals surface area contributed by atoms with Crippen LogP contribution in [0.2, 0.25) is 0 Å². The number of hydrogen-bond acceptors (Lipinski definition) is 2. The highest BCUT2D eigenvalue weighted by Crippen LogP contribution is 2.23. The van der Waals surface area contributed by atoms with E-state index < -0.39 is 0 Å². The highest BCUT2D eigenvalue weighted by molar-refractivity contribution is 5.75. The molecular formula is C16H25N3O2. The normalized spacial score (nSPS) is 20.1. The van der Waals surface area contributed by atoms with Gasteiger partial charge < -0.3 is 15.1 Å². The number of nitrogens with zero attached hydrogens (tertiary/aromatic N) is 2. The Bertz CT molecular complexity index is 416. The van der Waals surface area contributed by atoms with Gasteiger partial charge in [-0.05, 0) is 25.7 Å². The molecule has 0 unspecified atom stereocenters. The van der Waals surface area contributed by atoms with Gasteiger partial charge in [-0.2, -0.15) is 0 Å². The summed E-state index contributed by atoms with van der Waals surface area (Å²) < 4.78 is 0. The molecule has 1 saturated heterocycles. The first-order chi connectivity index (χ1) is 10.1. The van der Waals surface area contributed by atoms with E-state index in [1.54, 1.807) is 6.92 Å². The van der Waals surface area contributed by atoms with Crippen LogP contribution in [0.1, 0.15) is 45.4 Å². The van der Waals surface area contributed by atoms with E-state index in [4.69, 9.17) is 6.42 Å². The number of nitrogens with one attached hydrogen (secondary N) is 1. The van der Waals surface area contributed by atoms with E-state index in [1.165, 1.54) is 12.8 Å². The van der Waals surface area contributed by atoms with Crippen LogP contribution in [-0.2, 0) is 4.79 Å². The second-order valence-electron chi connectivity index (χ2n) is 6.00. The van der Waals surface area contributed by atoms with Crippen LogP contribution in [0, 0.1) is 12.3 Å². The van der Waals surface area contributed by atoms with E-state index in [-0.39, 0.29) is 18.0 Å². The molecule has 0 radical (unpaired) electrons. The predicted molar refractivity (Wildman–Crippen MR) is 81.6 cm³/mol. The lowest BCUT2D eigenvalue weighted by Gasteiger charge is -2.34. The molecule has 1 saturated carbocycles. The van der Waals surface area contributed by atoms with E-state index in [1.807, 2.05) is 9.80 Å². The minimum Gasteiger partial charge on any atom is -0.343 e. The first-order valence-corrected chi connectivity index (χ1v) is 7.88. The fraction of sp³-hybridized carbons (Fsp3) is 0.750. The lowest BCUT2D eigenvalue weighted by Crippen LogP contribution is -2.52. The van der Waals surface area contributed by atoms with Crippen LogP contribution in [0.15, 0.2) is 0 Å². The van der Waals surface area contributed by atoms with Gasteiger partial charge in [-0.15, -0.1) is 6.42 Å². The molecule has 5 nitrogen and oxygen atoms in total. The largest absolute Gasteiger partial charge is 0.343 e. The smallest absolute Gasteiger partial charge is 0.318 e. The summed E-state index contributed by atoms with van der Waals surface area (Å²) in [6.07, 6.45) is 11.5. The van der Waals surface area contributed by atoms with Crippen molar-refractivity contribution in [2.24, 2.45) is 0 Å². The van der Waals surface area contributed by atoms with Gasteiger partial charge in [-0.3, -0.25) is 4.79 Å². The van der Waals surface area contributed by atoms with E-state index in [9.17, 15) is 9.59 Å². The number of amides is 3. The maximum Gasteiger partial charge on any atom is 0.318 e. The number of rotatable bonds is 3. The summed E-state index contributed by atoms with van der Waals surface area (Å²) in [6, 6.07) is 0.397. The van der Waals surface area contributed by atoms with Crippen molar-refractivity contribution in [1.29, 1.82) is 0 Å². The van der Waals surface area contributed by atoms with E-state index in [0.717, 1.165) is 38.8 Å². The van der Waals surface area contributed by atoms with Crippen molar-refractivity contribution < 1.29 is 9.59 Å². The first kappa shape index (κ1) is 15.7. The van der Waals surface area contributed by atoms with Gasteiger partial charge >= 0.3 is 6.03 Å². The topological polar surface area (TPSA) is 52.7 Å². The molecular weight excluding hydrogens is 266 g/mol. The molecule has 0 spiro atoms. The highest BCUT2D eigenvalue weighted by Gasteiger charge is 2.28. The van der Waals surface area contributed by atoms with E-state index in [0.29, 0.717) is 12.6 Å². The average Bonchev–Trinajstić information content (AvgIpc) is 2.99. The number of terminal acetylenes is 1. The number of carbonyl (C=O) groups is 2. The molecule has 0 aromatic heterocycles. The van der Waals surface area contributed by atoms with Crippen molar-refractivity contribution >= 4 is 11.9 Å². The molecule has 0 aromatic rings. The Morgan fingerprint density at radius 2 is 1.86 bits per heavy atom. The van der Waals surface area contributed by atoms with Gasteiger partial charge in [0.15, 0.2) is 0 Å². The molecule has 0 atom stereocenters. The van der Waals surface area contributed by atoms with Crippen molar-refractivity contribution in [1.82, 2.24) is 15.1 Å². The van der Waals surface area contributed by atoms with Gasteiger partial charge in [-0.1, -0.05) is 18.8 Å². The van der Waals surface area contributed by atoms with Gasteiger partial charge in [0, 0.05) is 32.1 Å². The third-order valence-corrected chi connectivity index (χ3v) is 4.56. The zero-order chi connectivity index (χ0) is 15.2. The molecule has 2 fully saturated rings. The van der Waals surface area contributed by atoms with Crippen LogP contribution in [0.3, 0.4) is 0 Å². The van der Waals surface area contributed by atoms with Crippen LogP contribution in [-0.4, -0.2) is 53.5 Å². The van der Waals surface area contributed by atoms with Crippen LogP contribution in [0.5, 0.6) is 0 Å². The molecule has 0 aromatic carbocycles. The lowest BCUT2D eigenvalue weighted by molar-refractivity contribution is -0.129. The number of piperidine rings is 1. The maximum atomic E-state index is 12.4. The molecule has 2 aliphatic rings. The van der Waals surface area contributed by atoms with Crippen molar-refractivity contribution in [3.8, 4) is 12.3 Å². The molecule has 116 valence electrons. The number of carbonyl (C=O) groups excluding carboxylic acids is 2. The highest BCUT2D eigenvalue weighted by atomic mass is 16.2. The Balaban J connectivity index is 1.85. The number of likely N-dealkylation sites (tertiary alicyclic amines) is 1. The molecule has 2 rings (SSSR count). The maximum absolute atomic E-state index is 12.4. The summed E-state index contributed by atoms with van der Waals surface area (Å²) in [5, 5.41) is 3.09. The molecule has 5 heteroatoms. The standard InChI is InChI=1S/C16H25N3O2/c1-3-10-19(15-6-4-5-7-15)16(21)17-14-8-11-18(12-9-14)13(2)20/h1,14-15H,4-12H2,2H3,(H,17,21). The van der Waals surface area contributed by atoms with Crippen LogP contribution in [0.4, 0.5) is 4.79 Å². The zero-order valence-electron chi connectivity index (χ0n) is 12.8. The minimum absolute atomic E-state index is 0.0406. The summed E-state index contributed by atoms with van der Waals surface area (Å²) in [5.74, 6) is 2.71. The number of urea groups is 1. The average molecular weight is 291 g/mol. The van der Waals surface area contributed by atoms with Gasteiger partial charge in [0.1, 0.15) is 0 Å². The van der Waals surface area contributed by atoms with Crippen LogP contribution >= 0.6 is 0 Å². The molecule has 0 bridgehead atoms. The molecule has 1 aliphatic carbocycles. The van der Waals surface area contributed by atoms with Crippen LogP contribution < -0.4 is 5.32 Å². The third-order valence-electron chi connectivity index (χ3n) is 4.56. The first-order valence-electron chi connectivity index (χ1n) is 7.88. The number of hydrogen-bond donors (Lipinski definition) is 1. The summed E-state index contributed by atoms with van der Waals surface area (Å²) in [5.41, 5.74) is 0. The Kier molecular flexibility index (Phi) is 5.49. The zero-order valence-corrected chi connectivity index (χ0v) is 12.8. The predicted octanol–water partition coefficient (Wildman–Crippen LogP) is 1.58. The molecule has 21 heavy (non-hydrogen) atoms. The fourth-order valence-corrected chi connectivity index (χ4v) is 3.28. The van der Waals surface area contributed by atoms with Crippen LogP contribution in [0.25, 0.3) is 0 Å². The Labute approximate surface area is 127 Å². The van der Waals surface area contributed by atoms with Gasteiger partial charge in [0.05, 0.1) is 6.54 Å². The lowest BCUT2D eigenvalue weighted by atomic mass is 10.1. The quantitative estimate of drug-likeness (QED) is 0.803. The van der Waals surface area contributed by atoms with E-state index in [2.05, 4.69) is 11.2 Å².